The normalized spacial score (nSPS) is 18.1. The number of amides is 1. The third kappa shape index (κ3) is 3.24. The van der Waals surface area contributed by atoms with Crippen LogP contribution in [0.3, 0.4) is 0 Å². The van der Waals surface area contributed by atoms with E-state index in [0.717, 1.165) is 49.3 Å². The van der Waals surface area contributed by atoms with Crippen molar-refractivity contribution in [2.45, 2.75) is 49.1 Å². The van der Waals surface area contributed by atoms with Crippen LogP contribution in [-0.2, 0) is 26.9 Å². The number of halogens is 1. The van der Waals surface area contributed by atoms with Gasteiger partial charge in [-0.25, -0.2) is 22.9 Å². The number of hydrogen-bond donors (Lipinski definition) is 3. The number of fused-ring (bicyclic) bond motifs is 4. The molecular weight excluding hydrogens is 423 g/mol. The summed E-state index contributed by atoms with van der Waals surface area (Å²) in [5, 5.41) is 11.6. The summed E-state index contributed by atoms with van der Waals surface area (Å²) in [5.74, 6) is -0.641. The third-order valence-corrected chi connectivity index (χ3v) is 7.01. The SMILES string of the molecule is NS(=O)(=O)c1ccc(Nc2ncc3cc4n(c3n2)C2(CCCCC2)C(=O)NC4)c(F)c1. The maximum Gasteiger partial charge on any atom is 0.246 e. The lowest BCUT2D eigenvalue weighted by Crippen LogP contribution is -2.54. The highest BCUT2D eigenvalue weighted by molar-refractivity contribution is 7.89. The Kier molecular flexibility index (Phi) is 4.48. The summed E-state index contributed by atoms with van der Waals surface area (Å²) in [6, 6.07) is 5.29. The van der Waals surface area contributed by atoms with Crippen LogP contribution in [0.25, 0.3) is 11.0 Å². The lowest BCUT2D eigenvalue weighted by atomic mass is 9.79. The van der Waals surface area contributed by atoms with Crippen LogP contribution < -0.4 is 15.8 Å². The molecular formula is C20H21FN6O3S. The van der Waals surface area contributed by atoms with Crippen molar-refractivity contribution in [1.82, 2.24) is 19.9 Å². The monoisotopic (exact) mass is 444 g/mol. The number of carbonyl (C=O) groups excluding carboxylic acids is 1. The van der Waals surface area contributed by atoms with Gasteiger partial charge in [0, 0.05) is 17.3 Å². The quantitative estimate of drug-likeness (QED) is 0.568. The Morgan fingerprint density at radius 2 is 1.97 bits per heavy atom. The third-order valence-electron chi connectivity index (χ3n) is 6.09. The van der Waals surface area contributed by atoms with Gasteiger partial charge < -0.3 is 15.2 Å². The Balaban J connectivity index is 1.57. The zero-order valence-electron chi connectivity index (χ0n) is 16.6. The number of sulfonamides is 1. The first-order valence-corrected chi connectivity index (χ1v) is 11.6. The molecule has 4 N–H and O–H groups in total. The maximum absolute atomic E-state index is 14.4. The van der Waals surface area contributed by atoms with Crippen molar-refractivity contribution < 1.29 is 17.6 Å². The second-order valence-corrected chi connectivity index (χ2v) is 9.59. The first-order valence-electron chi connectivity index (χ1n) is 10.0. The summed E-state index contributed by atoms with van der Waals surface area (Å²) in [7, 11) is -4.01. The number of nitrogens with zero attached hydrogens (tertiary/aromatic N) is 3. The van der Waals surface area contributed by atoms with Gasteiger partial charge in [-0.1, -0.05) is 19.3 Å². The Labute approximate surface area is 177 Å². The minimum atomic E-state index is -4.01. The lowest BCUT2D eigenvalue weighted by molar-refractivity contribution is -0.133. The summed E-state index contributed by atoms with van der Waals surface area (Å²) in [4.78, 5) is 21.4. The molecule has 1 aromatic carbocycles. The second-order valence-electron chi connectivity index (χ2n) is 8.03. The number of nitrogens with one attached hydrogen (secondary N) is 2. The fraction of sp³-hybridized carbons (Fsp3) is 0.350. The van der Waals surface area contributed by atoms with Crippen LogP contribution in [0.5, 0.6) is 0 Å². The van der Waals surface area contributed by atoms with Gasteiger partial charge in [0.25, 0.3) is 0 Å². The zero-order valence-corrected chi connectivity index (χ0v) is 17.4. The van der Waals surface area contributed by atoms with Crippen LogP contribution in [0.4, 0.5) is 16.0 Å². The summed E-state index contributed by atoms with van der Waals surface area (Å²) in [6.07, 6.45) is 6.14. The molecule has 1 saturated carbocycles. The van der Waals surface area contributed by atoms with Crippen LogP contribution in [0.2, 0.25) is 0 Å². The van der Waals surface area contributed by atoms with Crippen LogP contribution in [0, 0.1) is 5.82 Å². The molecule has 5 rings (SSSR count). The standard InChI is InChI=1S/C20H21FN6O3S/c21-15-9-14(31(22,29)30)4-5-16(15)25-19-24-10-12-8-13-11-23-18(28)20(6-2-1-3-7-20)27(13)17(12)26-19/h4-5,8-10H,1-3,6-7,11H2,(H,23,28)(H2,22,29,30)(H,24,25,26). The van der Waals surface area contributed by atoms with Crippen LogP contribution in [-0.4, -0.2) is 28.9 Å². The molecule has 2 aromatic heterocycles. The molecule has 0 atom stereocenters. The summed E-state index contributed by atoms with van der Waals surface area (Å²) in [5.41, 5.74) is 0.932. The van der Waals surface area contributed by atoms with Gasteiger partial charge in [-0.15, -0.1) is 0 Å². The lowest BCUT2D eigenvalue weighted by Gasteiger charge is -2.41. The number of nitrogens with two attached hydrogens (primary N) is 1. The van der Waals surface area contributed by atoms with Crippen LogP contribution in [0.1, 0.15) is 37.8 Å². The topological polar surface area (TPSA) is 132 Å². The van der Waals surface area contributed by atoms with Crippen molar-refractivity contribution in [1.29, 1.82) is 0 Å². The van der Waals surface area contributed by atoms with Crippen molar-refractivity contribution in [3.63, 3.8) is 0 Å². The van der Waals surface area contributed by atoms with Gasteiger partial charge >= 0.3 is 0 Å². The number of anilines is 2. The van der Waals surface area contributed by atoms with Gasteiger partial charge in [0.05, 0.1) is 17.1 Å². The summed E-state index contributed by atoms with van der Waals surface area (Å²) in [6.45, 7) is 0.420. The van der Waals surface area contributed by atoms with E-state index in [9.17, 15) is 17.6 Å². The van der Waals surface area contributed by atoms with Crippen molar-refractivity contribution in [2.75, 3.05) is 5.32 Å². The molecule has 0 unspecified atom stereocenters. The van der Waals surface area contributed by atoms with E-state index in [4.69, 9.17) is 5.14 Å². The van der Waals surface area contributed by atoms with Crippen molar-refractivity contribution in [3.8, 4) is 0 Å². The molecule has 1 amide bonds. The minimum Gasteiger partial charge on any atom is -0.348 e. The predicted octanol–water partition coefficient (Wildman–Crippen LogP) is 2.25. The maximum atomic E-state index is 14.4. The van der Waals surface area contributed by atoms with E-state index in [1.54, 1.807) is 6.20 Å². The molecule has 0 bridgehead atoms. The fourth-order valence-corrected chi connectivity index (χ4v) is 5.16. The van der Waals surface area contributed by atoms with Gasteiger partial charge in [0.15, 0.2) is 0 Å². The number of carbonyl (C=O) groups is 1. The number of primary sulfonamides is 1. The molecule has 0 saturated heterocycles. The van der Waals surface area contributed by atoms with Gasteiger partial charge in [-0.2, -0.15) is 4.98 Å². The van der Waals surface area contributed by atoms with E-state index >= 15 is 0 Å². The van der Waals surface area contributed by atoms with Gasteiger partial charge in [0.2, 0.25) is 21.9 Å². The fourth-order valence-electron chi connectivity index (χ4n) is 4.63. The van der Waals surface area contributed by atoms with Gasteiger partial charge in [0.1, 0.15) is 17.0 Å². The first-order chi connectivity index (χ1) is 14.8. The Hall–Kier alpha value is -3.05. The highest BCUT2D eigenvalue weighted by atomic mass is 32.2. The van der Waals surface area contributed by atoms with E-state index in [0.29, 0.717) is 12.2 Å². The molecule has 1 spiro atoms. The van der Waals surface area contributed by atoms with Gasteiger partial charge in [-0.3, -0.25) is 4.79 Å². The predicted molar refractivity (Wildman–Crippen MR) is 111 cm³/mol. The first kappa shape index (κ1) is 19.9. The highest BCUT2D eigenvalue weighted by Gasteiger charge is 2.45. The number of benzene rings is 1. The Bertz CT molecular complexity index is 1310. The van der Waals surface area contributed by atoms with E-state index < -0.39 is 21.4 Å². The highest BCUT2D eigenvalue weighted by Crippen LogP contribution is 2.41. The number of rotatable bonds is 3. The van der Waals surface area contributed by atoms with Crippen LogP contribution >= 0.6 is 0 Å². The molecule has 162 valence electrons. The molecule has 9 nitrogen and oxygen atoms in total. The molecule has 31 heavy (non-hydrogen) atoms. The minimum absolute atomic E-state index is 0.00921. The number of aromatic nitrogens is 3. The average Bonchev–Trinajstić information content (AvgIpc) is 3.11. The Morgan fingerprint density at radius 3 is 2.68 bits per heavy atom. The Morgan fingerprint density at radius 1 is 1.19 bits per heavy atom. The zero-order chi connectivity index (χ0) is 21.8. The van der Waals surface area contributed by atoms with E-state index in [1.807, 2.05) is 10.6 Å². The molecule has 3 heterocycles. The van der Waals surface area contributed by atoms with E-state index in [1.165, 1.54) is 12.1 Å². The van der Waals surface area contributed by atoms with Gasteiger partial charge in [-0.05, 0) is 37.1 Å². The second kappa shape index (κ2) is 6.99. The average molecular weight is 444 g/mol. The smallest absolute Gasteiger partial charge is 0.246 e. The summed E-state index contributed by atoms with van der Waals surface area (Å²) < 4.78 is 39.3. The van der Waals surface area contributed by atoms with Crippen molar-refractivity contribution in [2.24, 2.45) is 5.14 Å². The molecule has 0 radical (unpaired) electrons. The molecule has 2 aliphatic rings. The molecule has 1 fully saturated rings. The molecule has 1 aliphatic heterocycles. The summed E-state index contributed by atoms with van der Waals surface area (Å²) >= 11 is 0. The molecule has 1 aliphatic carbocycles. The largest absolute Gasteiger partial charge is 0.348 e. The number of hydrogen-bond acceptors (Lipinski definition) is 6. The molecule has 3 aromatic rings. The van der Waals surface area contributed by atoms with E-state index in [2.05, 4.69) is 20.6 Å². The van der Waals surface area contributed by atoms with Crippen molar-refractivity contribution >= 4 is 38.6 Å². The van der Waals surface area contributed by atoms with Crippen molar-refractivity contribution in [3.05, 3.63) is 42.0 Å². The van der Waals surface area contributed by atoms with E-state index in [-0.39, 0.29) is 22.4 Å². The van der Waals surface area contributed by atoms with Crippen LogP contribution in [0.15, 0.2) is 35.4 Å². The molecule has 11 heteroatoms.